The molecule has 3 rings (SSSR count). The molecule has 1 aliphatic carbocycles. The zero-order valence-electron chi connectivity index (χ0n) is 14.1. The lowest BCUT2D eigenvalue weighted by Gasteiger charge is -2.29. The molecule has 0 heterocycles. The maximum absolute atomic E-state index is 2.40. The third-order valence-electron chi connectivity index (χ3n) is 4.41. The minimum atomic E-state index is 1.12. The summed E-state index contributed by atoms with van der Waals surface area (Å²) < 4.78 is 0. The van der Waals surface area contributed by atoms with Gasteiger partial charge in [-0.15, -0.1) is 0 Å². The number of benzene rings is 2. The second kappa shape index (κ2) is 7.32. The molecule has 23 heavy (non-hydrogen) atoms. The molecule has 0 amide bonds. The molecule has 1 heteroatoms. The van der Waals surface area contributed by atoms with Crippen molar-refractivity contribution in [1.82, 2.24) is 0 Å². The average molecular weight is 303 g/mol. The third kappa shape index (κ3) is 3.92. The number of hydrogen-bond acceptors (Lipinski definition) is 1. The summed E-state index contributed by atoms with van der Waals surface area (Å²) in [6, 6.07) is 19.5. The van der Waals surface area contributed by atoms with E-state index in [2.05, 4.69) is 85.5 Å². The number of anilines is 2. The molecule has 118 valence electrons. The van der Waals surface area contributed by atoms with Gasteiger partial charge < -0.3 is 4.90 Å². The smallest absolute Gasteiger partial charge is 0.0458 e. The molecule has 0 unspecified atom stereocenters. The van der Waals surface area contributed by atoms with E-state index in [4.69, 9.17) is 0 Å². The number of rotatable bonds is 3. The molecule has 2 aromatic carbocycles. The lowest BCUT2D eigenvalue weighted by atomic mass is 10.0. The van der Waals surface area contributed by atoms with E-state index in [0.717, 1.165) is 6.42 Å². The van der Waals surface area contributed by atoms with Crippen LogP contribution in [0, 0.1) is 6.92 Å². The summed E-state index contributed by atoms with van der Waals surface area (Å²) in [5, 5.41) is 0. The van der Waals surface area contributed by atoms with Gasteiger partial charge in [-0.25, -0.2) is 0 Å². The molecular formula is C22H25N. The first kappa shape index (κ1) is 15.6. The Labute approximate surface area is 140 Å². The largest absolute Gasteiger partial charge is 0.314 e. The standard InChI is InChI=1S/C22H25N/c1-18-8-6-7-11-21(15-12-18)23(20-9-4-3-5-10-20)22-16-13-19(2)14-17-22/h3-5,9-10,12-17H,6-8,11H2,1-2H3/b18-12-,21-15+. The minimum Gasteiger partial charge on any atom is -0.314 e. The number of nitrogens with zero attached hydrogens (tertiary/aromatic N) is 1. The van der Waals surface area contributed by atoms with Crippen LogP contribution < -0.4 is 4.90 Å². The molecule has 0 saturated carbocycles. The van der Waals surface area contributed by atoms with E-state index in [0.29, 0.717) is 0 Å². The lowest BCUT2D eigenvalue weighted by Crippen LogP contribution is -2.17. The molecule has 0 aromatic heterocycles. The first-order valence-electron chi connectivity index (χ1n) is 8.52. The van der Waals surface area contributed by atoms with Crippen LogP contribution >= 0.6 is 0 Å². The fourth-order valence-corrected chi connectivity index (χ4v) is 3.05. The maximum atomic E-state index is 2.40. The normalized spacial score (nSPS) is 19.7. The summed E-state index contributed by atoms with van der Waals surface area (Å²) in [6.07, 6.45) is 9.45. The molecule has 2 aromatic rings. The van der Waals surface area contributed by atoms with E-state index in [-0.39, 0.29) is 0 Å². The predicted molar refractivity (Wildman–Crippen MR) is 100 cm³/mol. The highest BCUT2D eigenvalue weighted by molar-refractivity contribution is 5.68. The van der Waals surface area contributed by atoms with Crippen molar-refractivity contribution < 1.29 is 0 Å². The number of hydrogen-bond donors (Lipinski definition) is 0. The number of aryl methyl sites for hydroxylation is 1. The first-order valence-corrected chi connectivity index (χ1v) is 8.52. The Balaban J connectivity index is 2.06. The highest BCUT2D eigenvalue weighted by Gasteiger charge is 2.14. The van der Waals surface area contributed by atoms with E-state index >= 15 is 0 Å². The van der Waals surface area contributed by atoms with Gasteiger partial charge in [-0.05, 0) is 69.9 Å². The second-order valence-electron chi connectivity index (χ2n) is 6.38. The Morgan fingerprint density at radius 3 is 2.09 bits per heavy atom. The van der Waals surface area contributed by atoms with Gasteiger partial charge in [0, 0.05) is 17.1 Å². The minimum absolute atomic E-state index is 1.12. The summed E-state index contributed by atoms with van der Waals surface area (Å²) in [4.78, 5) is 2.40. The maximum Gasteiger partial charge on any atom is 0.0458 e. The van der Waals surface area contributed by atoms with Crippen LogP contribution in [0.2, 0.25) is 0 Å². The molecule has 0 spiro atoms. The van der Waals surface area contributed by atoms with Gasteiger partial charge in [0.05, 0.1) is 0 Å². The molecule has 1 aliphatic rings. The van der Waals surface area contributed by atoms with Crippen LogP contribution in [-0.2, 0) is 0 Å². The fraction of sp³-hybridized carbons (Fsp3) is 0.273. The van der Waals surface area contributed by atoms with Crippen molar-refractivity contribution in [3.63, 3.8) is 0 Å². The summed E-state index contributed by atoms with van der Waals surface area (Å²) in [5.74, 6) is 0. The van der Waals surface area contributed by atoms with Gasteiger partial charge in [0.1, 0.15) is 0 Å². The zero-order valence-corrected chi connectivity index (χ0v) is 14.1. The quantitative estimate of drug-likeness (QED) is 0.622. The Bertz CT molecular complexity index is 693. The van der Waals surface area contributed by atoms with Crippen molar-refractivity contribution in [2.45, 2.75) is 39.5 Å². The lowest BCUT2D eigenvalue weighted by molar-refractivity contribution is 0.711. The Kier molecular flexibility index (Phi) is 4.97. The number of allylic oxidation sites excluding steroid dienone is 4. The van der Waals surface area contributed by atoms with Gasteiger partial charge >= 0.3 is 0 Å². The SMILES string of the molecule is C/C1=C/C=C(/N(c2ccccc2)c2ccc(C)cc2)CCCC1. The van der Waals surface area contributed by atoms with E-state index in [9.17, 15) is 0 Å². The van der Waals surface area contributed by atoms with Crippen LogP contribution in [0.1, 0.15) is 38.2 Å². The topological polar surface area (TPSA) is 3.24 Å². The van der Waals surface area contributed by atoms with E-state index in [1.807, 2.05) is 0 Å². The van der Waals surface area contributed by atoms with Gasteiger partial charge in [0.15, 0.2) is 0 Å². The highest BCUT2D eigenvalue weighted by atomic mass is 15.1. The van der Waals surface area contributed by atoms with E-state index in [1.54, 1.807) is 0 Å². The summed E-state index contributed by atoms with van der Waals surface area (Å²) in [6.45, 7) is 4.37. The summed E-state index contributed by atoms with van der Waals surface area (Å²) in [5.41, 5.74) is 6.61. The van der Waals surface area contributed by atoms with Crippen molar-refractivity contribution in [3.8, 4) is 0 Å². The van der Waals surface area contributed by atoms with Crippen molar-refractivity contribution in [2.24, 2.45) is 0 Å². The molecular weight excluding hydrogens is 278 g/mol. The van der Waals surface area contributed by atoms with Crippen LogP contribution in [0.5, 0.6) is 0 Å². The van der Waals surface area contributed by atoms with Crippen LogP contribution in [0.25, 0.3) is 0 Å². The highest BCUT2D eigenvalue weighted by Crippen LogP contribution is 2.33. The van der Waals surface area contributed by atoms with E-state index in [1.165, 1.54) is 47.5 Å². The third-order valence-corrected chi connectivity index (χ3v) is 4.41. The Morgan fingerprint density at radius 2 is 1.35 bits per heavy atom. The average Bonchev–Trinajstić information content (AvgIpc) is 2.56. The van der Waals surface area contributed by atoms with Gasteiger partial charge in [0.2, 0.25) is 0 Å². The second-order valence-corrected chi connectivity index (χ2v) is 6.38. The summed E-state index contributed by atoms with van der Waals surface area (Å²) >= 11 is 0. The van der Waals surface area contributed by atoms with Crippen LogP contribution in [0.3, 0.4) is 0 Å². The first-order chi connectivity index (χ1) is 11.2. The molecule has 1 nitrogen and oxygen atoms in total. The summed E-state index contributed by atoms with van der Waals surface area (Å²) in [7, 11) is 0. The van der Waals surface area contributed by atoms with Crippen LogP contribution in [-0.4, -0.2) is 0 Å². The zero-order chi connectivity index (χ0) is 16.1. The molecule has 0 bridgehead atoms. The Hall–Kier alpha value is -2.28. The van der Waals surface area contributed by atoms with Gasteiger partial charge in [-0.2, -0.15) is 0 Å². The molecule has 0 fully saturated rings. The molecule has 0 radical (unpaired) electrons. The van der Waals surface area contributed by atoms with Crippen LogP contribution in [0.4, 0.5) is 11.4 Å². The van der Waals surface area contributed by atoms with Crippen molar-refractivity contribution >= 4 is 11.4 Å². The fourth-order valence-electron chi connectivity index (χ4n) is 3.05. The van der Waals surface area contributed by atoms with Crippen LogP contribution in [0.15, 0.2) is 78.0 Å². The number of para-hydroxylation sites is 1. The molecule has 0 N–H and O–H groups in total. The predicted octanol–water partition coefficient (Wildman–Crippen LogP) is 6.54. The molecule has 0 aliphatic heterocycles. The van der Waals surface area contributed by atoms with Gasteiger partial charge in [-0.3, -0.25) is 0 Å². The van der Waals surface area contributed by atoms with Crippen molar-refractivity contribution in [2.75, 3.05) is 4.90 Å². The van der Waals surface area contributed by atoms with Gasteiger partial charge in [-0.1, -0.05) is 47.5 Å². The van der Waals surface area contributed by atoms with E-state index < -0.39 is 0 Å². The van der Waals surface area contributed by atoms with Crippen molar-refractivity contribution in [1.29, 1.82) is 0 Å². The van der Waals surface area contributed by atoms with Crippen molar-refractivity contribution in [3.05, 3.63) is 83.6 Å². The molecule has 0 atom stereocenters. The molecule has 0 saturated heterocycles. The van der Waals surface area contributed by atoms with Gasteiger partial charge in [0.25, 0.3) is 0 Å². The Morgan fingerprint density at radius 1 is 0.696 bits per heavy atom. The monoisotopic (exact) mass is 303 g/mol.